The Morgan fingerprint density at radius 2 is 2.11 bits per heavy atom. The van der Waals surface area contributed by atoms with E-state index >= 15 is 0 Å². The van der Waals surface area contributed by atoms with Gasteiger partial charge in [-0.1, -0.05) is 35.1 Å². The number of nitrogens with zero attached hydrogens (tertiary/aromatic N) is 1. The molecule has 19 heavy (non-hydrogen) atoms. The zero-order chi connectivity index (χ0) is 13.4. The van der Waals surface area contributed by atoms with Crippen LogP contribution in [0.5, 0.6) is 0 Å². The zero-order valence-corrected chi connectivity index (χ0v) is 11.6. The number of thiazole rings is 1. The highest BCUT2D eigenvalue weighted by Gasteiger charge is 2.07. The maximum absolute atomic E-state index is 13.4. The predicted octanol–water partition coefficient (Wildman–Crippen LogP) is 5.14. The maximum Gasteiger partial charge on any atom is 0.188 e. The van der Waals surface area contributed by atoms with Gasteiger partial charge in [0.15, 0.2) is 5.13 Å². The second kappa shape index (κ2) is 4.79. The molecule has 0 amide bonds. The summed E-state index contributed by atoms with van der Waals surface area (Å²) < 4.78 is 14.5. The molecule has 0 spiro atoms. The number of benzene rings is 2. The van der Waals surface area contributed by atoms with E-state index in [1.54, 1.807) is 6.07 Å². The van der Waals surface area contributed by atoms with Crippen molar-refractivity contribution in [1.29, 1.82) is 0 Å². The number of rotatable bonds is 2. The summed E-state index contributed by atoms with van der Waals surface area (Å²) in [4.78, 5) is 4.51. The van der Waals surface area contributed by atoms with Crippen molar-refractivity contribution in [2.45, 2.75) is 6.92 Å². The van der Waals surface area contributed by atoms with Crippen LogP contribution in [0.15, 0.2) is 36.4 Å². The van der Waals surface area contributed by atoms with E-state index in [-0.39, 0.29) is 5.02 Å². The lowest BCUT2D eigenvalue weighted by atomic mass is 10.2. The van der Waals surface area contributed by atoms with E-state index in [0.29, 0.717) is 5.69 Å². The Kier molecular flexibility index (Phi) is 3.12. The van der Waals surface area contributed by atoms with E-state index in [0.717, 1.165) is 20.9 Å². The second-order valence-electron chi connectivity index (χ2n) is 4.19. The number of hydrogen-bond donors (Lipinski definition) is 1. The quantitative estimate of drug-likeness (QED) is 0.707. The molecule has 1 N–H and O–H groups in total. The predicted molar refractivity (Wildman–Crippen MR) is 79.0 cm³/mol. The van der Waals surface area contributed by atoms with E-state index in [2.05, 4.69) is 10.3 Å². The van der Waals surface area contributed by atoms with Gasteiger partial charge in [-0.3, -0.25) is 0 Å². The molecule has 1 aromatic heterocycles. The summed E-state index contributed by atoms with van der Waals surface area (Å²) in [6.45, 7) is 2.02. The van der Waals surface area contributed by atoms with Gasteiger partial charge in [-0.2, -0.15) is 0 Å². The highest BCUT2D eigenvalue weighted by molar-refractivity contribution is 7.22. The summed E-state index contributed by atoms with van der Waals surface area (Å²) in [5.74, 6) is -0.441. The van der Waals surface area contributed by atoms with Crippen LogP contribution < -0.4 is 5.32 Å². The highest BCUT2D eigenvalue weighted by atomic mass is 35.5. The number of hydrogen-bond acceptors (Lipinski definition) is 3. The number of para-hydroxylation sites is 1. The maximum atomic E-state index is 13.4. The van der Waals surface area contributed by atoms with Crippen molar-refractivity contribution in [1.82, 2.24) is 4.98 Å². The molecular weight excluding hydrogens is 283 g/mol. The van der Waals surface area contributed by atoms with Crippen molar-refractivity contribution < 1.29 is 4.39 Å². The van der Waals surface area contributed by atoms with Crippen molar-refractivity contribution in [2.24, 2.45) is 0 Å². The topological polar surface area (TPSA) is 24.9 Å². The fraction of sp³-hybridized carbons (Fsp3) is 0.0714. The average molecular weight is 293 g/mol. The minimum absolute atomic E-state index is 0.116. The molecule has 1 heterocycles. The fourth-order valence-corrected chi connectivity index (χ4v) is 2.92. The molecule has 3 aromatic rings. The van der Waals surface area contributed by atoms with Crippen molar-refractivity contribution in [3.05, 3.63) is 52.8 Å². The summed E-state index contributed by atoms with van der Waals surface area (Å²) in [6, 6.07) is 10.7. The van der Waals surface area contributed by atoms with Gasteiger partial charge in [-0.25, -0.2) is 9.37 Å². The molecule has 0 aliphatic heterocycles. The lowest BCUT2D eigenvalue weighted by Gasteiger charge is -2.02. The fourth-order valence-electron chi connectivity index (χ4n) is 1.84. The molecule has 0 unspecified atom stereocenters. The van der Waals surface area contributed by atoms with Crippen LogP contribution in [0.25, 0.3) is 10.2 Å². The molecule has 0 saturated heterocycles. The summed E-state index contributed by atoms with van der Waals surface area (Å²) in [6.07, 6.45) is 0. The van der Waals surface area contributed by atoms with Crippen LogP contribution in [0.3, 0.4) is 0 Å². The van der Waals surface area contributed by atoms with Crippen LogP contribution in [0, 0.1) is 12.7 Å². The molecule has 96 valence electrons. The number of nitrogens with one attached hydrogen (secondary N) is 1. The Hall–Kier alpha value is -1.65. The smallest absolute Gasteiger partial charge is 0.188 e. The molecule has 0 bridgehead atoms. The molecule has 0 aliphatic rings. The molecule has 0 saturated carbocycles. The third-order valence-electron chi connectivity index (χ3n) is 2.79. The van der Waals surface area contributed by atoms with E-state index in [9.17, 15) is 4.39 Å². The van der Waals surface area contributed by atoms with E-state index in [4.69, 9.17) is 11.6 Å². The van der Waals surface area contributed by atoms with Crippen molar-refractivity contribution in [2.75, 3.05) is 5.32 Å². The van der Waals surface area contributed by atoms with E-state index in [1.165, 1.54) is 23.5 Å². The Morgan fingerprint density at radius 3 is 2.84 bits per heavy atom. The van der Waals surface area contributed by atoms with E-state index in [1.807, 2.05) is 25.1 Å². The van der Waals surface area contributed by atoms with Gasteiger partial charge in [0.25, 0.3) is 0 Å². The zero-order valence-electron chi connectivity index (χ0n) is 10.1. The van der Waals surface area contributed by atoms with Crippen LogP contribution in [0.1, 0.15) is 5.56 Å². The normalized spacial score (nSPS) is 10.9. The third-order valence-corrected chi connectivity index (χ3v) is 4.03. The van der Waals surface area contributed by atoms with Crippen LogP contribution >= 0.6 is 22.9 Å². The summed E-state index contributed by atoms with van der Waals surface area (Å²) in [5, 5.41) is 3.96. The second-order valence-corrected chi connectivity index (χ2v) is 5.63. The molecule has 0 aliphatic carbocycles. The first-order valence-electron chi connectivity index (χ1n) is 5.72. The summed E-state index contributed by atoms with van der Waals surface area (Å²) in [5.41, 5.74) is 2.74. The van der Waals surface area contributed by atoms with Gasteiger partial charge in [0.1, 0.15) is 5.82 Å². The van der Waals surface area contributed by atoms with Crippen molar-refractivity contribution in [3.8, 4) is 0 Å². The van der Waals surface area contributed by atoms with Gasteiger partial charge in [0, 0.05) is 5.69 Å². The summed E-state index contributed by atoms with van der Waals surface area (Å²) in [7, 11) is 0. The minimum Gasteiger partial charge on any atom is -0.331 e. The van der Waals surface area contributed by atoms with Gasteiger partial charge in [-0.05, 0) is 36.8 Å². The number of fused-ring (bicyclic) bond motifs is 1. The first-order valence-corrected chi connectivity index (χ1v) is 6.91. The summed E-state index contributed by atoms with van der Waals surface area (Å²) >= 11 is 7.19. The van der Waals surface area contributed by atoms with Gasteiger partial charge < -0.3 is 5.32 Å². The number of aromatic nitrogens is 1. The molecule has 0 radical (unpaired) electrons. The molecule has 3 rings (SSSR count). The molecular formula is C14H10ClFN2S. The lowest BCUT2D eigenvalue weighted by molar-refractivity contribution is 0.629. The molecule has 0 atom stereocenters. The molecule has 0 fully saturated rings. The van der Waals surface area contributed by atoms with Crippen LogP contribution in [-0.2, 0) is 0 Å². The van der Waals surface area contributed by atoms with E-state index < -0.39 is 5.82 Å². The van der Waals surface area contributed by atoms with Crippen LogP contribution in [-0.4, -0.2) is 4.98 Å². The van der Waals surface area contributed by atoms with Gasteiger partial charge in [0.05, 0.1) is 15.2 Å². The largest absolute Gasteiger partial charge is 0.331 e. The average Bonchev–Trinajstić information content (AvgIpc) is 2.78. The Morgan fingerprint density at radius 1 is 1.26 bits per heavy atom. The van der Waals surface area contributed by atoms with Gasteiger partial charge in [-0.15, -0.1) is 0 Å². The highest BCUT2D eigenvalue weighted by Crippen LogP contribution is 2.30. The SMILES string of the molecule is Cc1cccc2sc(Nc3ccc(Cl)c(F)c3)nc12. The standard InChI is InChI=1S/C14H10ClFN2S/c1-8-3-2-4-12-13(8)18-14(19-12)17-9-5-6-10(15)11(16)7-9/h2-7H,1H3,(H,17,18). The first kappa shape index (κ1) is 12.4. The third kappa shape index (κ3) is 2.41. The molecule has 2 nitrogen and oxygen atoms in total. The number of halogens is 2. The van der Waals surface area contributed by atoms with Gasteiger partial charge in [0.2, 0.25) is 0 Å². The monoisotopic (exact) mass is 292 g/mol. The van der Waals surface area contributed by atoms with Crippen molar-refractivity contribution >= 4 is 44.0 Å². The molecule has 2 aromatic carbocycles. The first-order chi connectivity index (χ1) is 9.13. The Labute approximate surface area is 118 Å². The Bertz CT molecular complexity index is 754. The lowest BCUT2D eigenvalue weighted by Crippen LogP contribution is -1.90. The van der Waals surface area contributed by atoms with Gasteiger partial charge >= 0.3 is 0 Å². The number of anilines is 2. The van der Waals surface area contributed by atoms with Crippen LogP contribution in [0.2, 0.25) is 5.02 Å². The molecule has 5 heteroatoms. The van der Waals surface area contributed by atoms with Crippen LogP contribution in [0.4, 0.5) is 15.2 Å². The Balaban J connectivity index is 1.96. The minimum atomic E-state index is -0.441. The van der Waals surface area contributed by atoms with Crippen molar-refractivity contribution in [3.63, 3.8) is 0 Å². The number of aryl methyl sites for hydroxylation is 1.